The van der Waals surface area contributed by atoms with Crippen molar-refractivity contribution in [2.75, 3.05) is 12.3 Å². The van der Waals surface area contributed by atoms with E-state index in [0.29, 0.717) is 6.42 Å². The smallest absolute Gasteiger partial charge is 0.335 e. The molecule has 124 valence electrons. The molecule has 0 saturated carbocycles. The summed E-state index contributed by atoms with van der Waals surface area (Å²) in [5.74, 6) is 0.121. The third kappa shape index (κ3) is 3.79. The number of hydrogen-bond donors (Lipinski definition) is 1. The lowest BCUT2D eigenvalue weighted by molar-refractivity contribution is -0.131. The molecular weight excluding hydrogens is 322 g/mol. The zero-order chi connectivity index (χ0) is 16.9. The number of nitrogens with zero attached hydrogens (tertiary/aromatic N) is 1. The van der Waals surface area contributed by atoms with Crippen molar-refractivity contribution in [2.24, 2.45) is 0 Å². The monoisotopic (exact) mass is 341 g/mol. The lowest BCUT2D eigenvalue weighted by Crippen LogP contribution is -2.30. The maximum atomic E-state index is 12.6. The van der Waals surface area contributed by atoms with Crippen LogP contribution in [0.4, 0.5) is 0 Å². The number of aromatic carboxylic acids is 1. The van der Waals surface area contributed by atoms with E-state index in [1.807, 2.05) is 47.4 Å². The Balaban J connectivity index is 1.66. The van der Waals surface area contributed by atoms with Gasteiger partial charge in [0.15, 0.2) is 0 Å². The zero-order valence-electron chi connectivity index (χ0n) is 13.2. The van der Waals surface area contributed by atoms with Crippen LogP contribution >= 0.6 is 11.8 Å². The molecule has 1 aliphatic rings. The second-order valence-corrected chi connectivity index (χ2v) is 6.91. The number of amides is 1. The molecule has 4 nitrogen and oxygen atoms in total. The first-order valence-corrected chi connectivity index (χ1v) is 8.98. The summed E-state index contributed by atoms with van der Waals surface area (Å²) in [6.45, 7) is 0.740. The van der Waals surface area contributed by atoms with E-state index in [1.54, 1.807) is 23.9 Å². The van der Waals surface area contributed by atoms with Gasteiger partial charge in [0.25, 0.3) is 0 Å². The van der Waals surface area contributed by atoms with Crippen LogP contribution in [-0.4, -0.2) is 34.2 Å². The number of hydrogen-bond acceptors (Lipinski definition) is 3. The van der Waals surface area contributed by atoms with Gasteiger partial charge in [-0.2, -0.15) is 0 Å². The standard InChI is InChI=1S/C19H19NO3S/c21-17(11-6-14-4-2-1-3-5-14)20-12-13-24-18(20)15-7-9-16(10-8-15)19(22)23/h1-5,7-10,18H,6,11-13H2,(H,22,23)/t18-/m0/s1. The lowest BCUT2D eigenvalue weighted by Gasteiger charge is -2.24. The lowest BCUT2D eigenvalue weighted by atomic mass is 10.1. The summed E-state index contributed by atoms with van der Waals surface area (Å²) in [6.07, 6.45) is 1.24. The zero-order valence-corrected chi connectivity index (χ0v) is 14.0. The largest absolute Gasteiger partial charge is 0.478 e. The van der Waals surface area contributed by atoms with E-state index < -0.39 is 5.97 Å². The third-order valence-electron chi connectivity index (χ3n) is 4.12. The average Bonchev–Trinajstić information content (AvgIpc) is 3.10. The van der Waals surface area contributed by atoms with Gasteiger partial charge in [0.1, 0.15) is 5.37 Å². The molecule has 1 amide bonds. The number of thioether (sulfide) groups is 1. The van der Waals surface area contributed by atoms with E-state index in [9.17, 15) is 9.59 Å². The van der Waals surface area contributed by atoms with Crippen molar-refractivity contribution in [3.63, 3.8) is 0 Å². The summed E-state index contributed by atoms with van der Waals surface area (Å²) >= 11 is 1.73. The van der Waals surface area contributed by atoms with Crippen LogP contribution in [0.25, 0.3) is 0 Å². The fourth-order valence-electron chi connectivity index (χ4n) is 2.83. The highest BCUT2D eigenvalue weighted by atomic mass is 32.2. The number of carboxylic acids is 1. The van der Waals surface area contributed by atoms with Crippen LogP contribution in [0.3, 0.4) is 0 Å². The van der Waals surface area contributed by atoms with E-state index in [0.717, 1.165) is 24.3 Å². The number of benzene rings is 2. The molecule has 0 spiro atoms. The van der Waals surface area contributed by atoms with Gasteiger partial charge < -0.3 is 10.0 Å². The minimum atomic E-state index is -0.934. The van der Waals surface area contributed by atoms with Gasteiger partial charge in [-0.3, -0.25) is 4.79 Å². The molecule has 0 aromatic heterocycles. The normalized spacial score (nSPS) is 17.0. The number of rotatable bonds is 5. The fraction of sp³-hybridized carbons (Fsp3) is 0.263. The van der Waals surface area contributed by atoms with Crippen molar-refractivity contribution < 1.29 is 14.7 Å². The highest BCUT2D eigenvalue weighted by molar-refractivity contribution is 7.99. The molecule has 1 heterocycles. The van der Waals surface area contributed by atoms with Gasteiger partial charge in [-0.25, -0.2) is 4.79 Å². The van der Waals surface area contributed by atoms with Crippen LogP contribution in [0, 0.1) is 0 Å². The molecule has 1 saturated heterocycles. The molecule has 1 fully saturated rings. The molecule has 1 N–H and O–H groups in total. The van der Waals surface area contributed by atoms with Gasteiger partial charge in [-0.1, -0.05) is 42.5 Å². The van der Waals surface area contributed by atoms with E-state index >= 15 is 0 Å². The number of aryl methyl sites for hydroxylation is 1. The molecule has 2 aromatic carbocycles. The first-order chi connectivity index (χ1) is 11.6. The van der Waals surface area contributed by atoms with E-state index in [4.69, 9.17) is 5.11 Å². The van der Waals surface area contributed by atoms with Crippen molar-refractivity contribution >= 4 is 23.6 Å². The molecule has 0 unspecified atom stereocenters. The van der Waals surface area contributed by atoms with Crippen molar-refractivity contribution in [1.29, 1.82) is 0 Å². The molecular formula is C19H19NO3S. The Bertz CT molecular complexity index is 715. The molecule has 0 aliphatic carbocycles. The van der Waals surface area contributed by atoms with Crippen molar-refractivity contribution in [1.82, 2.24) is 4.90 Å². The highest BCUT2D eigenvalue weighted by Gasteiger charge is 2.30. The quantitative estimate of drug-likeness (QED) is 0.903. The maximum absolute atomic E-state index is 12.6. The van der Waals surface area contributed by atoms with Crippen molar-refractivity contribution in [2.45, 2.75) is 18.2 Å². The summed E-state index contributed by atoms with van der Waals surface area (Å²) in [6, 6.07) is 16.8. The molecule has 1 atom stereocenters. The predicted octanol–water partition coefficient (Wildman–Crippen LogP) is 3.59. The molecule has 3 rings (SSSR count). The van der Waals surface area contributed by atoms with Crippen LogP contribution in [0.2, 0.25) is 0 Å². The van der Waals surface area contributed by atoms with Crippen LogP contribution < -0.4 is 0 Å². The Kier molecular flexibility index (Phi) is 5.20. The Hall–Kier alpha value is -2.27. The van der Waals surface area contributed by atoms with Gasteiger partial charge in [0.05, 0.1) is 5.56 Å². The predicted molar refractivity (Wildman–Crippen MR) is 95.1 cm³/mol. The summed E-state index contributed by atoms with van der Waals surface area (Å²) in [5, 5.41) is 8.97. The highest BCUT2D eigenvalue weighted by Crippen LogP contribution is 2.38. The molecule has 0 bridgehead atoms. The topological polar surface area (TPSA) is 57.6 Å². The Labute approximate surface area is 145 Å². The minimum Gasteiger partial charge on any atom is -0.478 e. The second kappa shape index (κ2) is 7.53. The number of carbonyl (C=O) groups is 2. The van der Waals surface area contributed by atoms with Crippen LogP contribution in [0.5, 0.6) is 0 Å². The molecule has 5 heteroatoms. The van der Waals surface area contributed by atoms with Gasteiger partial charge in [-0.15, -0.1) is 11.8 Å². The second-order valence-electron chi connectivity index (χ2n) is 5.72. The molecule has 24 heavy (non-hydrogen) atoms. The van der Waals surface area contributed by atoms with Gasteiger partial charge >= 0.3 is 5.97 Å². The number of carbonyl (C=O) groups excluding carboxylic acids is 1. The Morgan fingerprint density at radius 1 is 1.08 bits per heavy atom. The maximum Gasteiger partial charge on any atom is 0.335 e. The van der Waals surface area contributed by atoms with Gasteiger partial charge in [0.2, 0.25) is 5.91 Å². The average molecular weight is 341 g/mol. The summed E-state index contributed by atoms with van der Waals surface area (Å²) in [5.41, 5.74) is 2.42. The van der Waals surface area contributed by atoms with Gasteiger partial charge in [0, 0.05) is 18.7 Å². The summed E-state index contributed by atoms with van der Waals surface area (Å²) < 4.78 is 0. The third-order valence-corrected chi connectivity index (χ3v) is 5.39. The summed E-state index contributed by atoms with van der Waals surface area (Å²) in [7, 11) is 0. The fourth-order valence-corrected chi connectivity index (χ4v) is 4.11. The van der Waals surface area contributed by atoms with E-state index in [1.165, 1.54) is 5.56 Å². The first kappa shape index (κ1) is 16.6. The molecule has 1 aliphatic heterocycles. The van der Waals surface area contributed by atoms with E-state index in [-0.39, 0.29) is 16.8 Å². The Morgan fingerprint density at radius 3 is 2.46 bits per heavy atom. The van der Waals surface area contributed by atoms with Crippen molar-refractivity contribution in [3.8, 4) is 0 Å². The van der Waals surface area contributed by atoms with Crippen molar-refractivity contribution in [3.05, 3.63) is 71.3 Å². The minimum absolute atomic E-state index is 0.0175. The van der Waals surface area contributed by atoms with Crippen LogP contribution in [0.15, 0.2) is 54.6 Å². The van der Waals surface area contributed by atoms with Crippen LogP contribution in [0.1, 0.15) is 33.3 Å². The van der Waals surface area contributed by atoms with Crippen LogP contribution in [-0.2, 0) is 11.2 Å². The SMILES string of the molecule is O=C(O)c1ccc([C@@H]2SCCN2C(=O)CCc2ccccc2)cc1. The van der Waals surface area contributed by atoms with Gasteiger partial charge in [-0.05, 0) is 29.7 Å². The Morgan fingerprint density at radius 2 is 1.79 bits per heavy atom. The van der Waals surface area contributed by atoms with E-state index in [2.05, 4.69) is 0 Å². The number of carboxylic acid groups (broad SMARTS) is 1. The molecule has 0 radical (unpaired) electrons. The summed E-state index contributed by atoms with van der Waals surface area (Å²) in [4.78, 5) is 25.5. The first-order valence-electron chi connectivity index (χ1n) is 7.93. The molecule has 2 aromatic rings.